The lowest BCUT2D eigenvalue weighted by atomic mass is 9.97. The summed E-state index contributed by atoms with van der Waals surface area (Å²) >= 11 is 0. The molecule has 1 aliphatic heterocycles. The van der Waals surface area contributed by atoms with Gasteiger partial charge in [0, 0.05) is 55.6 Å². The van der Waals surface area contributed by atoms with Crippen LogP contribution in [0.4, 0.5) is 26.3 Å². The molecular formula is C26H24F6N6O4. The molecule has 5 heterocycles. The minimum Gasteiger partial charge on any atom is -0.475 e. The van der Waals surface area contributed by atoms with E-state index < -0.39 is 24.3 Å². The van der Waals surface area contributed by atoms with Gasteiger partial charge < -0.3 is 10.2 Å². The Bertz CT molecular complexity index is 1440. The highest BCUT2D eigenvalue weighted by Crippen LogP contribution is 2.27. The van der Waals surface area contributed by atoms with E-state index in [1.54, 1.807) is 0 Å². The molecule has 42 heavy (non-hydrogen) atoms. The fraction of sp³-hybridized carbons (Fsp3) is 0.308. The van der Waals surface area contributed by atoms with Crippen molar-refractivity contribution in [1.82, 2.24) is 29.5 Å². The van der Waals surface area contributed by atoms with Gasteiger partial charge in [0.1, 0.15) is 0 Å². The van der Waals surface area contributed by atoms with Crippen LogP contribution >= 0.6 is 0 Å². The summed E-state index contributed by atoms with van der Waals surface area (Å²) in [6.45, 7) is 3.04. The van der Waals surface area contributed by atoms with Crippen LogP contribution in [0.3, 0.4) is 0 Å². The summed E-state index contributed by atoms with van der Waals surface area (Å²) in [4.78, 5) is 33.4. The zero-order valence-corrected chi connectivity index (χ0v) is 21.6. The van der Waals surface area contributed by atoms with E-state index in [-0.39, 0.29) is 0 Å². The predicted octanol–water partition coefficient (Wildman–Crippen LogP) is 4.83. The molecule has 4 aromatic heterocycles. The molecule has 1 fully saturated rings. The summed E-state index contributed by atoms with van der Waals surface area (Å²) in [7, 11) is 0. The number of carboxylic acids is 2. The highest BCUT2D eigenvalue weighted by atomic mass is 19.4. The third-order valence-electron chi connectivity index (χ3n) is 5.85. The van der Waals surface area contributed by atoms with Gasteiger partial charge in [0.05, 0.1) is 0 Å². The lowest BCUT2D eigenvalue weighted by Gasteiger charge is -2.31. The van der Waals surface area contributed by atoms with Gasteiger partial charge in [0.2, 0.25) is 0 Å². The van der Waals surface area contributed by atoms with Gasteiger partial charge in [-0.1, -0.05) is 6.07 Å². The third kappa shape index (κ3) is 9.50. The van der Waals surface area contributed by atoms with Crippen LogP contribution in [0.15, 0.2) is 67.4 Å². The van der Waals surface area contributed by atoms with E-state index in [0.29, 0.717) is 5.92 Å². The maximum absolute atomic E-state index is 10.6. The fourth-order valence-corrected chi connectivity index (χ4v) is 3.95. The van der Waals surface area contributed by atoms with Crippen molar-refractivity contribution < 1.29 is 46.1 Å². The molecule has 5 rings (SSSR count). The molecule has 4 aromatic rings. The summed E-state index contributed by atoms with van der Waals surface area (Å²) in [5, 5.41) is 19.1. The van der Waals surface area contributed by atoms with Crippen LogP contribution in [0.1, 0.15) is 30.1 Å². The van der Waals surface area contributed by atoms with Gasteiger partial charge in [0.15, 0.2) is 11.5 Å². The SMILES string of the molecule is O=C(O)C(F)(F)F.O=C(O)C(F)(F)F.c1cncc(CN2CCCC(c3nc4ccc(-c5ccncc5)cn4n3)C2)c1. The molecule has 1 aliphatic rings. The third-order valence-corrected chi connectivity index (χ3v) is 5.85. The number of aliphatic carboxylic acids is 2. The molecule has 1 saturated heterocycles. The predicted molar refractivity (Wildman–Crippen MR) is 135 cm³/mol. The normalized spacial score (nSPS) is 15.6. The molecule has 0 aromatic carbocycles. The van der Waals surface area contributed by atoms with Crippen molar-refractivity contribution in [3.8, 4) is 11.1 Å². The van der Waals surface area contributed by atoms with E-state index in [2.05, 4.69) is 33.2 Å². The molecule has 0 aliphatic carbocycles. The molecule has 10 nitrogen and oxygen atoms in total. The van der Waals surface area contributed by atoms with Gasteiger partial charge in [-0.2, -0.15) is 31.4 Å². The van der Waals surface area contributed by atoms with E-state index in [1.807, 2.05) is 53.6 Å². The number of carboxylic acid groups (broad SMARTS) is 2. The molecule has 0 spiro atoms. The number of hydrogen-bond acceptors (Lipinski definition) is 7. The van der Waals surface area contributed by atoms with Crippen molar-refractivity contribution in [2.24, 2.45) is 0 Å². The van der Waals surface area contributed by atoms with Gasteiger partial charge in [0.25, 0.3) is 0 Å². The first kappa shape index (κ1) is 31.9. The Morgan fingerprint density at radius 2 is 1.52 bits per heavy atom. The average molecular weight is 599 g/mol. The van der Waals surface area contributed by atoms with Gasteiger partial charge in [-0.25, -0.2) is 19.1 Å². The Kier molecular flexibility index (Phi) is 10.5. The van der Waals surface area contributed by atoms with E-state index in [4.69, 9.17) is 29.9 Å². The molecule has 0 radical (unpaired) electrons. The minimum absolute atomic E-state index is 0.370. The van der Waals surface area contributed by atoms with E-state index in [0.717, 1.165) is 48.7 Å². The second-order valence-corrected chi connectivity index (χ2v) is 8.97. The lowest BCUT2D eigenvalue weighted by Crippen LogP contribution is -2.34. The number of piperidine rings is 1. The van der Waals surface area contributed by atoms with Gasteiger partial charge in [-0.15, -0.1) is 0 Å². The van der Waals surface area contributed by atoms with Crippen LogP contribution in [0, 0.1) is 0 Å². The minimum atomic E-state index is -5.08. The van der Waals surface area contributed by atoms with Gasteiger partial charge in [-0.3, -0.25) is 14.9 Å². The van der Waals surface area contributed by atoms with Gasteiger partial charge in [-0.05, 0) is 60.8 Å². The highest BCUT2D eigenvalue weighted by molar-refractivity contribution is 5.73. The van der Waals surface area contributed by atoms with Crippen molar-refractivity contribution in [2.45, 2.75) is 37.7 Å². The summed E-state index contributed by atoms with van der Waals surface area (Å²) in [5.74, 6) is -4.20. The zero-order chi connectivity index (χ0) is 30.9. The highest BCUT2D eigenvalue weighted by Gasteiger charge is 2.38. The molecule has 0 saturated carbocycles. The Morgan fingerprint density at radius 3 is 2.10 bits per heavy atom. The lowest BCUT2D eigenvalue weighted by molar-refractivity contribution is -0.193. The summed E-state index contributed by atoms with van der Waals surface area (Å²) in [6, 6.07) is 12.3. The zero-order valence-electron chi connectivity index (χ0n) is 21.6. The molecular weight excluding hydrogens is 574 g/mol. The molecule has 1 unspecified atom stereocenters. The monoisotopic (exact) mass is 598 g/mol. The molecule has 16 heteroatoms. The van der Waals surface area contributed by atoms with Crippen LogP contribution in [0.25, 0.3) is 16.8 Å². The van der Waals surface area contributed by atoms with Crippen molar-refractivity contribution in [3.63, 3.8) is 0 Å². The number of pyridine rings is 3. The quantitative estimate of drug-likeness (QED) is 0.317. The Labute approximate surface area is 234 Å². The topological polar surface area (TPSA) is 134 Å². The Hall–Kier alpha value is -4.60. The number of carbonyl (C=O) groups is 2. The number of fused-ring (bicyclic) bond motifs is 1. The Balaban J connectivity index is 0.000000289. The fourth-order valence-electron chi connectivity index (χ4n) is 3.95. The molecule has 224 valence electrons. The van der Waals surface area contributed by atoms with Gasteiger partial charge >= 0.3 is 24.3 Å². The van der Waals surface area contributed by atoms with Crippen LogP contribution < -0.4 is 0 Å². The molecule has 0 bridgehead atoms. The van der Waals surface area contributed by atoms with Crippen LogP contribution in [0.5, 0.6) is 0 Å². The smallest absolute Gasteiger partial charge is 0.475 e. The standard InChI is InChI=1S/C22H22N6.2C2HF3O2/c1-3-17(13-24-9-1)14-27-12-2-4-20(15-27)22-25-21-6-5-19(16-28(21)26-22)18-7-10-23-11-8-18;2*3-2(4,5)1(6)7/h1,3,5-11,13,16,20H,2,4,12,14-15H2;2*(H,6,7). The summed E-state index contributed by atoms with van der Waals surface area (Å²) < 4.78 is 65.4. The van der Waals surface area contributed by atoms with Crippen molar-refractivity contribution in [1.29, 1.82) is 0 Å². The largest absolute Gasteiger partial charge is 0.490 e. The first-order chi connectivity index (χ1) is 19.7. The number of alkyl halides is 6. The van der Waals surface area contributed by atoms with Crippen LogP contribution in [-0.4, -0.2) is 77.1 Å². The molecule has 0 amide bonds. The summed E-state index contributed by atoms with van der Waals surface area (Å²) in [5.41, 5.74) is 4.41. The van der Waals surface area contributed by atoms with Crippen molar-refractivity contribution >= 4 is 17.6 Å². The van der Waals surface area contributed by atoms with E-state index >= 15 is 0 Å². The van der Waals surface area contributed by atoms with Crippen molar-refractivity contribution in [2.75, 3.05) is 13.1 Å². The number of rotatable bonds is 4. The molecule has 1 atom stereocenters. The number of aromatic nitrogens is 5. The number of hydrogen-bond donors (Lipinski definition) is 2. The van der Waals surface area contributed by atoms with E-state index in [9.17, 15) is 26.3 Å². The first-order valence-electron chi connectivity index (χ1n) is 12.2. The summed E-state index contributed by atoms with van der Waals surface area (Å²) in [6.07, 6.45) is 1.59. The first-order valence-corrected chi connectivity index (χ1v) is 12.2. The maximum atomic E-state index is 10.6. The second-order valence-electron chi connectivity index (χ2n) is 8.97. The Morgan fingerprint density at radius 1 is 0.881 bits per heavy atom. The second kappa shape index (κ2) is 13.8. The average Bonchev–Trinajstić information content (AvgIpc) is 3.38. The van der Waals surface area contributed by atoms with Crippen LogP contribution in [-0.2, 0) is 16.1 Å². The molecule has 2 N–H and O–H groups in total. The van der Waals surface area contributed by atoms with Crippen molar-refractivity contribution in [3.05, 3.63) is 78.8 Å². The number of likely N-dealkylation sites (tertiary alicyclic amines) is 1. The maximum Gasteiger partial charge on any atom is 0.490 e. The van der Waals surface area contributed by atoms with Crippen LogP contribution in [0.2, 0.25) is 0 Å². The number of nitrogens with zero attached hydrogens (tertiary/aromatic N) is 6. The van der Waals surface area contributed by atoms with E-state index in [1.165, 1.54) is 12.0 Å². The number of halogens is 6.